The van der Waals surface area contributed by atoms with E-state index in [1.165, 1.54) is 0 Å². The summed E-state index contributed by atoms with van der Waals surface area (Å²) >= 11 is 0. The number of aryl methyl sites for hydroxylation is 1. The largest absolute Gasteiger partial charge is 0.391 e. The van der Waals surface area contributed by atoms with Crippen molar-refractivity contribution in [3.05, 3.63) is 18.0 Å². The highest BCUT2D eigenvalue weighted by Crippen LogP contribution is 2.40. The maximum absolute atomic E-state index is 12.8. The van der Waals surface area contributed by atoms with Crippen LogP contribution in [0.3, 0.4) is 0 Å². The summed E-state index contributed by atoms with van der Waals surface area (Å²) in [7, 11) is 1.81. The third-order valence-corrected chi connectivity index (χ3v) is 4.00. The average molecular weight is 275 g/mol. The first-order chi connectivity index (χ1) is 8.86. The predicted molar refractivity (Wildman–Crippen MR) is 66.4 cm³/mol. The molecule has 6 heteroatoms. The van der Waals surface area contributed by atoms with E-state index in [4.69, 9.17) is 5.73 Å². The van der Waals surface area contributed by atoms with Crippen LogP contribution in [-0.2, 0) is 13.5 Å². The number of alkyl halides is 3. The molecule has 3 nitrogen and oxygen atoms in total. The number of halogens is 3. The van der Waals surface area contributed by atoms with Gasteiger partial charge >= 0.3 is 6.18 Å². The lowest BCUT2D eigenvalue weighted by Crippen LogP contribution is -2.39. The Kier molecular flexibility index (Phi) is 4.18. The van der Waals surface area contributed by atoms with Gasteiger partial charge in [0.1, 0.15) is 0 Å². The van der Waals surface area contributed by atoms with Gasteiger partial charge in [-0.25, -0.2) is 0 Å². The van der Waals surface area contributed by atoms with Crippen molar-refractivity contribution >= 4 is 0 Å². The minimum absolute atomic E-state index is 0.0534. The molecule has 1 aromatic rings. The van der Waals surface area contributed by atoms with E-state index in [0.29, 0.717) is 12.8 Å². The zero-order chi connectivity index (χ0) is 14.0. The molecule has 1 saturated carbocycles. The molecule has 2 N–H and O–H groups in total. The number of aromatic nitrogens is 2. The minimum Gasteiger partial charge on any atom is -0.327 e. The number of rotatable bonds is 3. The molecule has 19 heavy (non-hydrogen) atoms. The lowest BCUT2D eigenvalue weighted by molar-refractivity contribution is -0.186. The van der Waals surface area contributed by atoms with Gasteiger partial charge in [-0.2, -0.15) is 18.3 Å². The van der Waals surface area contributed by atoms with Crippen LogP contribution in [0.1, 0.15) is 31.4 Å². The standard InChI is InChI=1S/C13H20F3N3/c1-19-6-5-11(18-19)8-12(17)9-3-2-4-10(7-9)13(14,15)16/h5-6,9-10,12H,2-4,7-8,17H2,1H3. The lowest BCUT2D eigenvalue weighted by atomic mass is 9.76. The van der Waals surface area contributed by atoms with Gasteiger partial charge in [-0.3, -0.25) is 4.68 Å². The fourth-order valence-electron chi connectivity index (χ4n) is 2.89. The van der Waals surface area contributed by atoms with Gasteiger partial charge in [-0.1, -0.05) is 6.42 Å². The molecule has 0 amide bonds. The third-order valence-electron chi connectivity index (χ3n) is 4.00. The van der Waals surface area contributed by atoms with Crippen LogP contribution < -0.4 is 5.73 Å². The van der Waals surface area contributed by atoms with E-state index in [0.717, 1.165) is 12.1 Å². The van der Waals surface area contributed by atoms with Gasteiger partial charge < -0.3 is 5.73 Å². The molecule has 1 heterocycles. The molecule has 3 unspecified atom stereocenters. The van der Waals surface area contributed by atoms with Crippen molar-refractivity contribution in [3.63, 3.8) is 0 Å². The van der Waals surface area contributed by atoms with Gasteiger partial charge in [0.05, 0.1) is 11.6 Å². The van der Waals surface area contributed by atoms with Crippen molar-refractivity contribution in [2.75, 3.05) is 0 Å². The predicted octanol–water partition coefficient (Wildman–Crippen LogP) is 2.66. The van der Waals surface area contributed by atoms with Gasteiger partial charge in [-0.05, 0) is 31.2 Å². The van der Waals surface area contributed by atoms with Crippen molar-refractivity contribution in [3.8, 4) is 0 Å². The lowest BCUT2D eigenvalue weighted by Gasteiger charge is -2.33. The zero-order valence-electron chi connectivity index (χ0n) is 11.0. The summed E-state index contributed by atoms with van der Waals surface area (Å²) < 4.78 is 39.9. The zero-order valence-corrected chi connectivity index (χ0v) is 11.0. The first-order valence-electron chi connectivity index (χ1n) is 6.67. The van der Waals surface area contributed by atoms with Gasteiger partial charge in [-0.15, -0.1) is 0 Å². The summed E-state index contributed by atoms with van der Waals surface area (Å²) in [5.74, 6) is -1.23. The maximum atomic E-state index is 12.8. The first-order valence-corrected chi connectivity index (χ1v) is 6.67. The molecule has 0 aliphatic heterocycles. The smallest absolute Gasteiger partial charge is 0.327 e. The Hall–Kier alpha value is -1.04. The Morgan fingerprint density at radius 1 is 1.47 bits per heavy atom. The van der Waals surface area contributed by atoms with Crippen LogP contribution in [0.5, 0.6) is 0 Å². The van der Waals surface area contributed by atoms with E-state index in [-0.39, 0.29) is 24.8 Å². The Morgan fingerprint density at radius 3 is 2.79 bits per heavy atom. The summed E-state index contributed by atoms with van der Waals surface area (Å²) in [6, 6.07) is 1.63. The number of hydrogen-bond donors (Lipinski definition) is 1. The topological polar surface area (TPSA) is 43.8 Å². The van der Waals surface area contributed by atoms with Crippen LogP contribution in [0.25, 0.3) is 0 Å². The molecular weight excluding hydrogens is 255 g/mol. The number of nitrogens with zero attached hydrogens (tertiary/aromatic N) is 2. The van der Waals surface area contributed by atoms with E-state index in [1.807, 2.05) is 19.3 Å². The summed E-state index contributed by atoms with van der Waals surface area (Å²) in [6.07, 6.45) is 0.111. The van der Waals surface area contributed by atoms with Crippen LogP contribution >= 0.6 is 0 Å². The second kappa shape index (κ2) is 5.53. The average Bonchev–Trinajstić information content (AvgIpc) is 2.74. The summed E-state index contributed by atoms with van der Waals surface area (Å²) in [4.78, 5) is 0. The van der Waals surface area contributed by atoms with Crippen LogP contribution in [0.4, 0.5) is 13.2 Å². The van der Waals surface area contributed by atoms with Gasteiger partial charge in [0, 0.05) is 25.7 Å². The molecule has 108 valence electrons. The maximum Gasteiger partial charge on any atom is 0.391 e. The van der Waals surface area contributed by atoms with Crippen LogP contribution in [0.15, 0.2) is 12.3 Å². The Labute approximate surface area is 111 Å². The molecule has 3 atom stereocenters. The summed E-state index contributed by atoms with van der Waals surface area (Å²) in [6.45, 7) is 0. The van der Waals surface area contributed by atoms with Crippen molar-refractivity contribution in [1.29, 1.82) is 0 Å². The van der Waals surface area contributed by atoms with Crippen molar-refractivity contribution in [1.82, 2.24) is 9.78 Å². The van der Waals surface area contributed by atoms with Crippen LogP contribution in [0.2, 0.25) is 0 Å². The Bertz CT molecular complexity index is 414. The molecule has 0 bridgehead atoms. The van der Waals surface area contributed by atoms with Gasteiger partial charge in [0.2, 0.25) is 0 Å². The Morgan fingerprint density at radius 2 is 2.21 bits per heavy atom. The van der Waals surface area contributed by atoms with Gasteiger partial charge in [0.25, 0.3) is 0 Å². The highest BCUT2D eigenvalue weighted by Gasteiger charge is 2.43. The van der Waals surface area contributed by atoms with E-state index >= 15 is 0 Å². The Balaban J connectivity index is 1.93. The van der Waals surface area contributed by atoms with E-state index in [9.17, 15) is 13.2 Å². The fourth-order valence-corrected chi connectivity index (χ4v) is 2.89. The van der Waals surface area contributed by atoms with E-state index < -0.39 is 12.1 Å². The summed E-state index contributed by atoms with van der Waals surface area (Å²) in [5, 5.41) is 4.23. The van der Waals surface area contributed by atoms with E-state index in [1.54, 1.807) is 4.68 Å². The second-order valence-electron chi connectivity index (χ2n) is 5.51. The molecule has 0 aromatic carbocycles. The normalized spacial score (nSPS) is 26.4. The molecule has 0 radical (unpaired) electrons. The molecule has 2 rings (SSSR count). The molecular formula is C13H20F3N3. The highest BCUT2D eigenvalue weighted by atomic mass is 19.4. The summed E-state index contributed by atoms with van der Waals surface area (Å²) in [5.41, 5.74) is 6.93. The number of hydrogen-bond acceptors (Lipinski definition) is 2. The van der Waals surface area contributed by atoms with Crippen LogP contribution in [0, 0.1) is 11.8 Å². The molecule has 1 aromatic heterocycles. The van der Waals surface area contributed by atoms with E-state index in [2.05, 4.69) is 5.10 Å². The number of nitrogens with two attached hydrogens (primary N) is 1. The van der Waals surface area contributed by atoms with Gasteiger partial charge in [0.15, 0.2) is 0 Å². The molecule has 0 saturated heterocycles. The molecule has 1 aliphatic rings. The minimum atomic E-state index is -4.08. The highest BCUT2D eigenvalue weighted by molar-refractivity contribution is 5.02. The van der Waals surface area contributed by atoms with Crippen LogP contribution in [-0.4, -0.2) is 22.0 Å². The molecule has 1 aliphatic carbocycles. The molecule has 0 spiro atoms. The quantitative estimate of drug-likeness (QED) is 0.921. The van der Waals surface area contributed by atoms with Crippen molar-refractivity contribution in [2.24, 2.45) is 24.6 Å². The second-order valence-corrected chi connectivity index (χ2v) is 5.51. The van der Waals surface area contributed by atoms with Crippen molar-refractivity contribution in [2.45, 2.75) is 44.3 Å². The monoisotopic (exact) mass is 275 g/mol. The van der Waals surface area contributed by atoms with Crippen molar-refractivity contribution < 1.29 is 13.2 Å². The fraction of sp³-hybridized carbons (Fsp3) is 0.769. The third kappa shape index (κ3) is 3.72. The molecule has 1 fully saturated rings. The first kappa shape index (κ1) is 14.4. The SMILES string of the molecule is Cn1ccc(CC(N)C2CCCC(C(F)(F)F)C2)n1.